The fraction of sp³-hybridized carbons (Fsp3) is 0.182. The van der Waals surface area contributed by atoms with Gasteiger partial charge in [0.2, 0.25) is 0 Å². The highest BCUT2D eigenvalue weighted by molar-refractivity contribution is 9.10. The van der Waals surface area contributed by atoms with E-state index in [1.165, 1.54) is 18.0 Å². The van der Waals surface area contributed by atoms with Gasteiger partial charge in [0.05, 0.1) is 22.0 Å². The average molecular weight is 554 g/mol. The fourth-order valence-electron chi connectivity index (χ4n) is 2.64. The smallest absolute Gasteiger partial charge is 0.250 e. The predicted octanol–water partition coefficient (Wildman–Crippen LogP) is 5.98. The monoisotopic (exact) mass is 552 g/mol. The summed E-state index contributed by atoms with van der Waals surface area (Å²) in [5, 5.41) is 5.58. The first kappa shape index (κ1) is 24.5. The highest BCUT2D eigenvalue weighted by Gasteiger charge is 2.07. The van der Waals surface area contributed by atoms with Crippen LogP contribution in [0.4, 0.5) is 0 Å². The van der Waals surface area contributed by atoms with E-state index in [0.717, 1.165) is 21.4 Å². The van der Waals surface area contributed by atoms with Gasteiger partial charge in [-0.3, -0.25) is 4.79 Å². The zero-order valence-electron chi connectivity index (χ0n) is 17.2. The van der Waals surface area contributed by atoms with Crippen LogP contribution in [0.15, 0.2) is 57.2 Å². The average Bonchev–Trinajstić information content (AvgIpc) is 2.73. The molecule has 1 aromatic heterocycles. The van der Waals surface area contributed by atoms with Gasteiger partial charge in [-0.1, -0.05) is 57.0 Å². The van der Waals surface area contributed by atoms with Crippen LogP contribution in [-0.2, 0) is 11.4 Å². The molecule has 0 aliphatic carbocycles. The Balaban J connectivity index is 1.58. The number of carbonyl (C=O) groups is 1. The summed E-state index contributed by atoms with van der Waals surface area (Å²) in [6, 6.07) is 12.7. The van der Waals surface area contributed by atoms with E-state index in [1.807, 2.05) is 44.2 Å². The van der Waals surface area contributed by atoms with Crippen LogP contribution in [0.5, 0.6) is 5.75 Å². The number of hydrogen-bond acceptors (Lipinski definition) is 6. The summed E-state index contributed by atoms with van der Waals surface area (Å²) in [4.78, 5) is 20.7. The molecule has 0 aliphatic heterocycles. The van der Waals surface area contributed by atoms with Crippen molar-refractivity contribution in [3.05, 3.63) is 79.5 Å². The number of nitrogens with zero attached hydrogens (tertiary/aromatic N) is 3. The zero-order valence-corrected chi connectivity index (χ0v) is 21.1. The Kier molecular flexibility index (Phi) is 8.92. The molecule has 0 saturated heterocycles. The van der Waals surface area contributed by atoms with Gasteiger partial charge in [-0.25, -0.2) is 15.4 Å². The molecule has 10 heteroatoms. The summed E-state index contributed by atoms with van der Waals surface area (Å²) in [6.07, 6.45) is 1.53. The molecule has 0 saturated carbocycles. The van der Waals surface area contributed by atoms with Gasteiger partial charge in [0.15, 0.2) is 5.16 Å². The second kappa shape index (κ2) is 11.7. The minimum absolute atomic E-state index is 0.152. The number of ether oxygens (including phenoxy) is 1. The summed E-state index contributed by atoms with van der Waals surface area (Å²) in [5.41, 5.74) is 5.82. The van der Waals surface area contributed by atoms with Crippen molar-refractivity contribution >= 4 is 63.0 Å². The predicted molar refractivity (Wildman–Crippen MR) is 133 cm³/mol. The lowest BCUT2D eigenvalue weighted by molar-refractivity contribution is -0.118. The largest absolute Gasteiger partial charge is 0.488 e. The maximum atomic E-state index is 12.1. The molecule has 3 rings (SSSR count). The van der Waals surface area contributed by atoms with E-state index in [-0.39, 0.29) is 11.7 Å². The van der Waals surface area contributed by atoms with Crippen LogP contribution in [0, 0.1) is 13.8 Å². The highest BCUT2D eigenvalue weighted by Crippen LogP contribution is 2.25. The number of aromatic nitrogens is 2. The molecule has 32 heavy (non-hydrogen) atoms. The van der Waals surface area contributed by atoms with E-state index in [0.29, 0.717) is 33.1 Å². The van der Waals surface area contributed by atoms with Crippen molar-refractivity contribution in [1.82, 2.24) is 15.4 Å². The van der Waals surface area contributed by atoms with Gasteiger partial charge in [0, 0.05) is 21.4 Å². The van der Waals surface area contributed by atoms with Gasteiger partial charge in [0.25, 0.3) is 5.91 Å². The van der Waals surface area contributed by atoms with Crippen molar-refractivity contribution < 1.29 is 9.53 Å². The third kappa shape index (κ3) is 7.48. The molecule has 2 aromatic carbocycles. The Morgan fingerprint density at radius 1 is 1.12 bits per heavy atom. The molecule has 0 fully saturated rings. The van der Waals surface area contributed by atoms with E-state index in [9.17, 15) is 4.79 Å². The van der Waals surface area contributed by atoms with Crippen LogP contribution in [0.25, 0.3) is 0 Å². The number of hydrogen-bond donors (Lipinski definition) is 1. The minimum Gasteiger partial charge on any atom is -0.488 e. The fourth-order valence-corrected chi connectivity index (χ4v) is 4.08. The SMILES string of the molecule is Cc1cc(C)nc(SCC(=O)N/N=C\c2cc(Br)ccc2OCc2ccc(Cl)c(Cl)c2)n1. The van der Waals surface area contributed by atoms with Gasteiger partial charge >= 0.3 is 0 Å². The van der Waals surface area contributed by atoms with E-state index in [4.69, 9.17) is 27.9 Å². The molecule has 0 bridgehead atoms. The lowest BCUT2D eigenvalue weighted by atomic mass is 10.2. The van der Waals surface area contributed by atoms with E-state index >= 15 is 0 Å². The Morgan fingerprint density at radius 3 is 2.59 bits per heavy atom. The molecule has 6 nitrogen and oxygen atoms in total. The quantitative estimate of drug-likeness (QED) is 0.160. The molecule has 0 radical (unpaired) electrons. The summed E-state index contributed by atoms with van der Waals surface area (Å²) in [5.74, 6) is 0.497. The normalized spacial score (nSPS) is 11.0. The maximum absolute atomic E-state index is 12.1. The van der Waals surface area contributed by atoms with Crippen LogP contribution >= 0.6 is 50.9 Å². The number of amides is 1. The molecule has 1 N–H and O–H groups in total. The van der Waals surface area contributed by atoms with Crippen LogP contribution in [-0.4, -0.2) is 27.8 Å². The van der Waals surface area contributed by atoms with Crippen molar-refractivity contribution in [2.75, 3.05) is 5.75 Å². The van der Waals surface area contributed by atoms with Crippen molar-refractivity contribution in [3.8, 4) is 5.75 Å². The van der Waals surface area contributed by atoms with Gasteiger partial charge in [-0.2, -0.15) is 5.10 Å². The van der Waals surface area contributed by atoms with Gasteiger partial charge in [0.1, 0.15) is 12.4 Å². The van der Waals surface area contributed by atoms with Crippen LogP contribution in [0.3, 0.4) is 0 Å². The Bertz CT molecular complexity index is 1140. The van der Waals surface area contributed by atoms with Crippen LogP contribution in [0.2, 0.25) is 10.0 Å². The first-order valence-corrected chi connectivity index (χ1v) is 12.0. The number of benzene rings is 2. The number of aryl methyl sites for hydroxylation is 2. The van der Waals surface area contributed by atoms with Crippen molar-refractivity contribution in [2.45, 2.75) is 25.6 Å². The third-order valence-corrected chi connectivity index (χ3v) is 6.12. The summed E-state index contributed by atoms with van der Waals surface area (Å²) >= 11 is 16.7. The lowest BCUT2D eigenvalue weighted by Gasteiger charge is -2.10. The molecule has 0 unspecified atom stereocenters. The first-order chi connectivity index (χ1) is 15.3. The summed E-state index contributed by atoms with van der Waals surface area (Å²) in [6.45, 7) is 4.09. The van der Waals surface area contributed by atoms with Gasteiger partial charge in [-0.05, 0) is 55.8 Å². The second-order valence-corrected chi connectivity index (χ2v) is 9.41. The Hall–Kier alpha value is -2.13. The number of thioether (sulfide) groups is 1. The minimum atomic E-state index is -0.262. The van der Waals surface area contributed by atoms with Gasteiger partial charge < -0.3 is 4.74 Å². The van der Waals surface area contributed by atoms with Crippen molar-refractivity contribution in [1.29, 1.82) is 0 Å². The highest BCUT2D eigenvalue weighted by atomic mass is 79.9. The molecule has 166 valence electrons. The number of carbonyl (C=O) groups excluding carboxylic acids is 1. The lowest BCUT2D eigenvalue weighted by Crippen LogP contribution is -2.20. The van der Waals surface area contributed by atoms with E-state index < -0.39 is 0 Å². The molecule has 0 atom stereocenters. The number of hydrazone groups is 1. The Morgan fingerprint density at radius 2 is 1.88 bits per heavy atom. The van der Waals surface area contributed by atoms with Crippen LogP contribution in [0.1, 0.15) is 22.5 Å². The molecule has 0 aliphatic rings. The van der Waals surface area contributed by atoms with E-state index in [2.05, 4.69) is 36.4 Å². The summed E-state index contributed by atoms with van der Waals surface area (Å²) < 4.78 is 6.77. The van der Waals surface area contributed by atoms with Gasteiger partial charge in [-0.15, -0.1) is 0 Å². The molecular formula is C22H19BrCl2N4O2S. The third-order valence-electron chi connectivity index (χ3n) is 4.04. The second-order valence-electron chi connectivity index (χ2n) is 6.73. The van der Waals surface area contributed by atoms with Crippen LogP contribution < -0.4 is 10.2 Å². The van der Waals surface area contributed by atoms with Crippen molar-refractivity contribution in [3.63, 3.8) is 0 Å². The van der Waals surface area contributed by atoms with Crippen molar-refractivity contribution in [2.24, 2.45) is 5.10 Å². The zero-order chi connectivity index (χ0) is 23.1. The number of halogens is 3. The molecule has 3 aromatic rings. The number of rotatable bonds is 8. The maximum Gasteiger partial charge on any atom is 0.250 e. The Labute approximate surface area is 208 Å². The standard InChI is InChI=1S/C22H19BrCl2N4O2S/c1-13-7-14(2)28-22(27-13)32-12-21(30)29-26-10-16-9-17(23)4-6-20(16)31-11-15-3-5-18(24)19(25)8-15/h3-10H,11-12H2,1-2H3,(H,29,30)/b26-10-. The topological polar surface area (TPSA) is 76.5 Å². The molecule has 0 spiro atoms. The van der Waals surface area contributed by atoms with E-state index in [1.54, 1.807) is 12.1 Å². The summed E-state index contributed by atoms with van der Waals surface area (Å²) in [7, 11) is 0. The first-order valence-electron chi connectivity index (χ1n) is 9.43. The molecule has 1 amide bonds. The number of nitrogens with one attached hydrogen (secondary N) is 1. The molecular weight excluding hydrogens is 535 g/mol. The molecule has 1 heterocycles.